The van der Waals surface area contributed by atoms with Gasteiger partial charge in [-0.15, -0.1) is 0 Å². The first kappa shape index (κ1) is 25.6. The maximum absolute atomic E-state index is 14.5. The number of imide groups is 1. The molecule has 3 N–H and O–H groups in total. The Morgan fingerprint density at radius 2 is 1.85 bits per heavy atom. The number of unbranched alkanes of at least 4 members (excludes halogenated alkanes) is 2. The van der Waals surface area contributed by atoms with Gasteiger partial charge in [-0.05, 0) is 18.9 Å². The summed E-state index contributed by atoms with van der Waals surface area (Å²) in [4.78, 5) is 52.2. The van der Waals surface area contributed by atoms with Crippen molar-refractivity contribution in [1.29, 1.82) is 0 Å². The van der Waals surface area contributed by atoms with Gasteiger partial charge in [0.05, 0.1) is 18.8 Å². The lowest BCUT2D eigenvalue weighted by atomic mass is 10.1. The number of rotatable bonds is 9. The molecule has 186 valence electrons. The molecule has 0 radical (unpaired) electrons. The van der Waals surface area contributed by atoms with E-state index in [1.54, 1.807) is 0 Å². The zero-order valence-corrected chi connectivity index (χ0v) is 18.2. The van der Waals surface area contributed by atoms with Gasteiger partial charge >= 0.3 is 5.69 Å². The molecular weight excluding hydrogens is 458 g/mol. The topological polar surface area (TPSA) is 151 Å². The van der Waals surface area contributed by atoms with Crippen LogP contribution in [0.5, 0.6) is 0 Å². The smallest absolute Gasteiger partial charge is 0.351 e. The van der Waals surface area contributed by atoms with Crippen LogP contribution in [-0.4, -0.2) is 80.1 Å². The average Bonchev–Trinajstić information content (AvgIpc) is 3.07. The van der Waals surface area contributed by atoms with Gasteiger partial charge < -0.3 is 20.3 Å². The van der Waals surface area contributed by atoms with Gasteiger partial charge in [-0.3, -0.25) is 23.9 Å². The molecule has 11 nitrogen and oxygen atoms in total. The third-order valence-electron chi connectivity index (χ3n) is 5.54. The van der Waals surface area contributed by atoms with Crippen molar-refractivity contribution in [2.45, 2.75) is 62.9 Å². The fourth-order valence-electron chi connectivity index (χ4n) is 3.70. The Kier molecular flexibility index (Phi) is 8.58. The van der Waals surface area contributed by atoms with Crippen LogP contribution < -0.4 is 11.0 Å². The first-order chi connectivity index (χ1) is 16.2. The monoisotopic (exact) mass is 484 g/mol. The highest BCUT2D eigenvalue weighted by Gasteiger charge is 2.42. The lowest BCUT2D eigenvalue weighted by Gasteiger charge is -2.24. The Hall–Kier alpha value is -3.03. The predicted molar refractivity (Wildman–Crippen MR) is 113 cm³/mol. The number of carbonyl (C=O) groups excluding carboxylic acids is 3. The standard InChI is InChI=1S/C21H26F2N4O7/c22-18-13(29)10-12(11-28)34-20(19(18)23)27-9-7-14(25-21(27)33)24-15(30)4-2-1-3-8-26-16(31)5-6-17(26)32/h5-7,9,12-13,18-20,28-29H,1-4,8,10-11H2,(H,24,25,30,33)/t12-,13-,18+,19?,20+/m0/s1. The van der Waals surface area contributed by atoms with E-state index in [-0.39, 0.29) is 37.0 Å². The van der Waals surface area contributed by atoms with Gasteiger partial charge in [0.15, 0.2) is 18.6 Å². The Morgan fingerprint density at radius 1 is 1.15 bits per heavy atom. The molecule has 1 aromatic heterocycles. The largest absolute Gasteiger partial charge is 0.394 e. The second-order valence-corrected chi connectivity index (χ2v) is 8.05. The van der Waals surface area contributed by atoms with E-state index in [9.17, 15) is 38.2 Å². The van der Waals surface area contributed by atoms with Crippen molar-refractivity contribution < 1.29 is 38.1 Å². The minimum atomic E-state index is -2.38. The molecule has 1 saturated heterocycles. The summed E-state index contributed by atoms with van der Waals surface area (Å²) in [5.74, 6) is -1.24. The number of carbonyl (C=O) groups is 3. The van der Waals surface area contributed by atoms with Crippen molar-refractivity contribution in [3.05, 3.63) is 34.9 Å². The summed E-state index contributed by atoms with van der Waals surface area (Å²) in [6.45, 7) is -0.344. The van der Waals surface area contributed by atoms with E-state index in [0.717, 1.165) is 11.1 Å². The molecule has 0 aliphatic carbocycles. The Bertz CT molecular complexity index is 984. The number of hydrogen-bond donors (Lipinski definition) is 3. The molecule has 1 unspecified atom stereocenters. The van der Waals surface area contributed by atoms with E-state index >= 15 is 0 Å². The number of aliphatic hydroxyl groups is 2. The predicted octanol–water partition coefficient (Wildman–Crippen LogP) is -0.0159. The average molecular weight is 484 g/mol. The second kappa shape index (κ2) is 11.4. The highest BCUT2D eigenvalue weighted by molar-refractivity contribution is 6.12. The van der Waals surface area contributed by atoms with E-state index in [4.69, 9.17) is 4.74 Å². The van der Waals surface area contributed by atoms with Crippen molar-refractivity contribution in [1.82, 2.24) is 14.5 Å². The van der Waals surface area contributed by atoms with Crippen LogP contribution in [0.1, 0.15) is 38.3 Å². The minimum Gasteiger partial charge on any atom is -0.394 e. The van der Waals surface area contributed by atoms with E-state index in [1.807, 2.05) is 0 Å². The van der Waals surface area contributed by atoms with Crippen LogP contribution in [0.3, 0.4) is 0 Å². The molecular formula is C21H26F2N4O7. The molecule has 1 aromatic rings. The van der Waals surface area contributed by atoms with Crippen molar-refractivity contribution in [3.8, 4) is 0 Å². The summed E-state index contributed by atoms with van der Waals surface area (Å²) in [6.07, 6.45) is -4.41. The van der Waals surface area contributed by atoms with E-state index in [1.165, 1.54) is 18.2 Å². The molecule has 0 bridgehead atoms. The fraction of sp³-hybridized carbons (Fsp3) is 0.571. The summed E-state index contributed by atoms with van der Waals surface area (Å²) >= 11 is 0. The third kappa shape index (κ3) is 6.10. The van der Waals surface area contributed by atoms with Crippen LogP contribution in [0.25, 0.3) is 0 Å². The zero-order chi connectivity index (χ0) is 24.8. The third-order valence-corrected chi connectivity index (χ3v) is 5.54. The molecule has 0 spiro atoms. The normalized spacial score (nSPS) is 27.2. The molecule has 3 amide bonds. The zero-order valence-electron chi connectivity index (χ0n) is 18.2. The van der Waals surface area contributed by atoms with Crippen LogP contribution in [-0.2, 0) is 19.1 Å². The number of aromatic nitrogens is 2. The summed E-state index contributed by atoms with van der Waals surface area (Å²) in [5.41, 5.74) is -1.01. The Balaban J connectivity index is 1.51. The van der Waals surface area contributed by atoms with Crippen LogP contribution in [0.4, 0.5) is 14.6 Å². The minimum absolute atomic E-state index is 0.0924. The molecule has 0 aromatic carbocycles. The van der Waals surface area contributed by atoms with Crippen LogP contribution in [0.15, 0.2) is 29.2 Å². The van der Waals surface area contributed by atoms with E-state index in [2.05, 4.69) is 10.3 Å². The molecule has 34 heavy (non-hydrogen) atoms. The molecule has 2 aliphatic rings. The number of halogens is 2. The highest BCUT2D eigenvalue weighted by atomic mass is 19.2. The summed E-state index contributed by atoms with van der Waals surface area (Å²) in [5, 5.41) is 21.4. The van der Waals surface area contributed by atoms with Gasteiger partial charge in [0.2, 0.25) is 5.91 Å². The molecule has 1 fully saturated rings. The fourth-order valence-corrected chi connectivity index (χ4v) is 3.70. The summed E-state index contributed by atoms with van der Waals surface area (Å²) < 4.78 is 34.7. The lowest BCUT2D eigenvalue weighted by molar-refractivity contribution is -0.136. The van der Waals surface area contributed by atoms with Crippen LogP contribution >= 0.6 is 0 Å². The van der Waals surface area contributed by atoms with Gasteiger partial charge in [-0.2, -0.15) is 4.98 Å². The molecule has 3 rings (SSSR count). The number of nitrogens with zero attached hydrogens (tertiary/aromatic N) is 3. The lowest BCUT2D eigenvalue weighted by Crippen LogP contribution is -2.39. The number of anilines is 1. The van der Waals surface area contributed by atoms with Gasteiger partial charge in [-0.1, -0.05) is 6.42 Å². The number of amides is 3. The molecule has 3 heterocycles. The molecule has 13 heteroatoms. The van der Waals surface area contributed by atoms with E-state index in [0.29, 0.717) is 23.8 Å². The van der Waals surface area contributed by atoms with Crippen LogP contribution in [0, 0.1) is 0 Å². The highest BCUT2D eigenvalue weighted by Crippen LogP contribution is 2.30. The van der Waals surface area contributed by atoms with Crippen molar-refractivity contribution in [2.24, 2.45) is 0 Å². The van der Waals surface area contributed by atoms with Gasteiger partial charge in [0.1, 0.15) is 5.82 Å². The SMILES string of the molecule is O=C(CCCCCN1C(=O)C=CC1=O)Nc1ccn([C@@H]2O[C@H](CO)C[C@H](O)[C@@H](F)C2F)c(=O)n1. The molecule has 5 atom stereocenters. The Morgan fingerprint density at radius 3 is 2.50 bits per heavy atom. The quantitative estimate of drug-likeness (QED) is 0.327. The summed E-state index contributed by atoms with van der Waals surface area (Å²) in [7, 11) is 0. The molecule has 2 aliphatic heterocycles. The van der Waals surface area contributed by atoms with Gasteiger partial charge in [0, 0.05) is 37.7 Å². The van der Waals surface area contributed by atoms with Crippen molar-refractivity contribution in [2.75, 3.05) is 18.5 Å². The Labute approximate surface area is 193 Å². The number of ether oxygens (including phenoxy) is 1. The molecule has 0 saturated carbocycles. The summed E-state index contributed by atoms with van der Waals surface area (Å²) in [6, 6.07) is 1.22. The number of nitrogens with one attached hydrogen (secondary N) is 1. The van der Waals surface area contributed by atoms with Crippen LogP contribution in [0.2, 0.25) is 0 Å². The first-order valence-electron chi connectivity index (χ1n) is 10.9. The maximum atomic E-state index is 14.5. The van der Waals surface area contributed by atoms with Gasteiger partial charge in [-0.25, -0.2) is 13.6 Å². The number of alkyl halides is 2. The number of hydrogen-bond acceptors (Lipinski definition) is 8. The van der Waals surface area contributed by atoms with Crippen molar-refractivity contribution >= 4 is 23.5 Å². The van der Waals surface area contributed by atoms with Crippen molar-refractivity contribution in [3.63, 3.8) is 0 Å². The van der Waals surface area contributed by atoms with E-state index < -0.39 is 49.0 Å². The first-order valence-corrected chi connectivity index (χ1v) is 10.9. The number of aliphatic hydroxyl groups excluding tert-OH is 2. The second-order valence-electron chi connectivity index (χ2n) is 8.05. The van der Waals surface area contributed by atoms with Gasteiger partial charge in [0.25, 0.3) is 11.8 Å². The maximum Gasteiger partial charge on any atom is 0.351 e.